The van der Waals surface area contributed by atoms with E-state index >= 15 is 0 Å². The van der Waals surface area contributed by atoms with E-state index in [1.165, 1.54) is 7.05 Å². The predicted octanol–water partition coefficient (Wildman–Crippen LogP) is 2.41. The molecule has 0 bridgehead atoms. The van der Waals surface area contributed by atoms with E-state index in [2.05, 4.69) is 15.5 Å². The Hall–Kier alpha value is -2.00. The van der Waals surface area contributed by atoms with Crippen molar-refractivity contribution in [2.45, 2.75) is 31.0 Å². The highest BCUT2D eigenvalue weighted by molar-refractivity contribution is 7.94. The molecule has 0 saturated heterocycles. The van der Waals surface area contributed by atoms with Crippen molar-refractivity contribution in [1.29, 1.82) is 0 Å². The molecule has 0 aliphatic carbocycles. The maximum atomic E-state index is 12.6. The number of nitrogens with zero attached hydrogens (tertiary/aromatic N) is 3. The molecule has 124 valence electrons. The number of carbonyl (C=O) groups is 1. The van der Waals surface area contributed by atoms with E-state index in [9.17, 15) is 13.2 Å². The fraction of sp³-hybridized carbons (Fsp3) is 0.357. The molecule has 2 rings (SSSR count). The first-order chi connectivity index (χ1) is 10.8. The van der Waals surface area contributed by atoms with Gasteiger partial charge in [-0.1, -0.05) is 36.0 Å². The van der Waals surface area contributed by atoms with E-state index in [1.54, 1.807) is 12.1 Å². The zero-order valence-corrected chi connectivity index (χ0v) is 14.7. The van der Waals surface area contributed by atoms with Crippen LogP contribution in [0.25, 0.3) is 0 Å². The van der Waals surface area contributed by atoms with Crippen LogP contribution in [-0.2, 0) is 14.8 Å². The smallest absolute Gasteiger partial charge is 0.293 e. The number of hydrogen-bond acceptors (Lipinski definition) is 6. The number of anilines is 2. The molecule has 0 saturated carbocycles. The summed E-state index contributed by atoms with van der Waals surface area (Å²) in [5.41, 5.74) is 1.57. The molecule has 0 unspecified atom stereocenters. The highest BCUT2D eigenvalue weighted by Gasteiger charge is 2.26. The van der Waals surface area contributed by atoms with Gasteiger partial charge >= 0.3 is 0 Å². The third kappa shape index (κ3) is 4.05. The number of benzene rings is 1. The van der Waals surface area contributed by atoms with Crippen LogP contribution in [0, 0.1) is 6.92 Å². The van der Waals surface area contributed by atoms with Gasteiger partial charge in [0.05, 0.1) is 5.69 Å². The van der Waals surface area contributed by atoms with Crippen molar-refractivity contribution in [1.82, 2.24) is 10.2 Å². The fourth-order valence-electron chi connectivity index (χ4n) is 1.78. The molecule has 9 heteroatoms. The van der Waals surface area contributed by atoms with Crippen LogP contribution in [0.2, 0.25) is 0 Å². The molecule has 23 heavy (non-hydrogen) atoms. The van der Waals surface area contributed by atoms with E-state index in [-0.39, 0.29) is 15.4 Å². The van der Waals surface area contributed by atoms with Crippen molar-refractivity contribution in [2.24, 2.45) is 0 Å². The van der Waals surface area contributed by atoms with Crippen molar-refractivity contribution in [2.75, 3.05) is 16.7 Å². The van der Waals surface area contributed by atoms with Crippen LogP contribution >= 0.6 is 11.3 Å². The Morgan fingerprint density at radius 2 is 1.91 bits per heavy atom. The molecular weight excluding hydrogens is 336 g/mol. The van der Waals surface area contributed by atoms with Gasteiger partial charge in [0, 0.05) is 13.5 Å². The molecule has 1 heterocycles. The Kier molecular flexibility index (Phi) is 5.32. The van der Waals surface area contributed by atoms with Crippen LogP contribution in [0.3, 0.4) is 0 Å². The molecule has 0 atom stereocenters. The van der Waals surface area contributed by atoms with Gasteiger partial charge < -0.3 is 5.32 Å². The number of nitrogens with one attached hydrogen (secondary N) is 1. The molecule has 0 spiro atoms. The average Bonchev–Trinajstić information content (AvgIpc) is 2.96. The van der Waals surface area contributed by atoms with Gasteiger partial charge in [-0.25, -0.2) is 0 Å². The van der Waals surface area contributed by atoms with Gasteiger partial charge in [0.1, 0.15) is 0 Å². The summed E-state index contributed by atoms with van der Waals surface area (Å²) in [5, 5.41) is 10.1. The summed E-state index contributed by atoms with van der Waals surface area (Å²) in [6, 6.07) is 7.10. The van der Waals surface area contributed by atoms with E-state index in [1.807, 2.05) is 26.0 Å². The SMILES string of the molecule is CCCC(=O)Nc1nnc(S(=O)(=O)N(C)c2ccc(C)cc2)s1. The van der Waals surface area contributed by atoms with E-state index < -0.39 is 10.0 Å². The van der Waals surface area contributed by atoms with Crippen LogP contribution < -0.4 is 9.62 Å². The number of rotatable bonds is 6. The van der Waals surface area contributed by atoms with Gasteiger partial charge in [-0.2, -0.15) is 8.42 Å². The van der Waals surface area contributed by atoms with Crippen LogP contribution in [0.15, 0.2) is 28.6 Å². The maximum absolute atomic E-state index is 12.6. The molecule has 0 fully saturated rings. The standard InChI is InChI=1S/C14H18N4O3S2/c1-4-5-12(19)15-13-16-17-14(22-13)23(20,21)18(3)11-8-6-10(2)7-9-11/h6-9H,4-5H2,1-3H3,(H,15,16,19). The van der Waals surface area contributed by atoms with Gasteiger partial charge in [-0.3, -0.25) is 9.10 Å². The quantitative estimate of drug-likeness (QED) is 0.804. The summed E-state index contributed by atoms with van der Waals surface area (Å²) in [5.74, 6) is -0.209. The normalized spacial score (nSPS) is 11.3. The first-order valence-corrected chi connectivity index (χ1v) is 9.29. The van der Waals surface area contributed by atoms with E-state index in [4.69, 9.17) is 0 Å². The summed E-state index contributed by atoms with van der Waals surface area (Å²) < 4.78 is 26.1. The van der Waals surface area contributed by atoms with Crippen molar-refractivity contribution >= 4 is 38.1 Å². The predicted molar refractivity (Wildman–Crippen MR) is 90.2 cm³/mol. The van der Waals surface area contributed by atoms with Gasteiger partial charge in [0.15, 0.2) is 0 Å². The summed E-state index contributed by atoms with van der Waals surface area (Å²) in [4.78, 5) is 11.5. The van der Waals surface area contributed by atoms with Crippen molar-refractivity contribution in [3.05, 3.63) is 29.8 Å². The minimum atomic E-state index is -3.81. The van der Waals surface area contributed by atoms with Gasteiger partial charge in [-0.15, -0.1) is 10.2 Å². The number of carbonyl (C=O) groups excluding carboxylic acids is 1. The van der Waals surface area contributed by atoms with E-state index in [0.717, 1.165) is 21.2 Å². The molecule has 2 aromatic rings. The maximum Gasteiger partial charge on any atom is 0.293 e. The van der Waals surface area contributed by atoms with Crippen molar-refractivity contribution < 1.29 is 13.2 Å². The first-order valence-electron chi connectivity index (χ1n) is 7.03. The lowest BCUT2D eigenvalue weighted by Crippen LogP contribution is -2.26. The number of aryl methyl sites for hydroxylation is 1. The number of sulfonamides is 1. The van der Waals surface area contributed by atoms with Gasteiger partial charge in [0.25, 0.3) is 14.4 Å². The molecular formula is C14H18N4O3S2. The van der Waals surface area contributed by atoms with Gasteiger partial charge in [-0.05, 0) is 25.5 Å². The lowest BCUT2D eigenvalue weighted by Gasteiger charge is -2.17. The molecule has 0 radical (unpaired) electrons. The number of hydrogen-bond donors (Lipinski definition) is 1. The summed E-state index contributed by atoms with van der Waals surface area (Å²) in [6.45, 7) is 3.81. The Bertz CT molecular complexity index is 785. The van der Waals surface area contributed by atoms with Crippen molar-refractivity contribution in [3.8, 4) is 0 Å². The molecule has 1 amide bonds. The largest absolute Gasteiger partial charge is 0.301 e. The third-order valence-electron chi connectivity index (χ3n) is 3.11. The monoisotopic (exact) mass is 354 g/mol. The summed E-state index contributed by atoms with van der Waals surface area (Å²) in [6.07, 6.45) is 1.05. The second-order valence-electron chi connectivity index (χ2n) is 4.98. The molecule has 1 aromatic carbocycles. The summed E-state index contributed by atoms with van der Waals surface area (Å²) in [7, 11) is -2.35. The lowest BCUT2D eigenvalue weighted by atomic mass is 10.2. The Balaban J connectivity index is 2.21. The topological polar surface area (TPSA) is 92.3 Å². The Morgan fingerprint density at radius 1 is 1.26 bits per heavy atom. The number of aromatic nitrogens is 2. The number of amides is 1. The lowest BCUT2D eigenvalue weighted by molar-refractivity contribution is -0.116. The second kappa shape index (κ2) is 7.05. The average molecular weight is 354 g/mol. The first kappa shape index (κ1) is 17.4. The minimum Gasteiger partial charge on any atom is -0.301 e. The Morgan fingerprint density at radius 3 is 2.52 bits per heavy atom. The second-order valence-corrected chi connectivity index (χ2v) is 8.10. The van der Waals surface area contributed by atoms with Crippen LogP contribution in [-0.4, -0.2) is 31.6 Å². The van der Waals surface area contributed by atoms with Gasteiger partial charge in [0.2, 0.25) is 11.0 Å². The molecule has 0 aliphatic heterocycles. The summed E-state index contributed by atoms with van der Waals surface area (Å²) >= 11 is 0.836. The molecule has 0 aliphatic rings. The fourth-order valence-corrected chi connectivity index (χ4v) is 4.05. The zero-order valence-electron chi connectivity index (χ0n) is 13.1. The minimum absolute atomic E-state index is 0.160. The molecule has 1 N–H and O–H groups in total. The van der Waals surface area contributed by atoms with Crippen LogP contribution in [0.1, 0.15) is 25.3 Å². The highest BCUT2D eigenvalue weighted by Crippen LogP contribution is 2.26. The van der Waals surface area contributed by atoms with Crippen LogP contribution in [0.5, 0.6) is 0 Å². The van der Waals surface area contributed by atoms with Crippen molar-refractivity contribution in [3.63, 3.8) is 0 Å². The van der Waals surface area contributed by atoms with E-state index in [0.29, 0.717) is 18.5 Å². The zero-order chi connectivity index (χ0) is 17.0. The molecule has 7 nitrogen and oxygen atoms in total. The van der Waals surface area contributed by atoms with Crippen LogP contribution in [0.4, 0.5) is 10.8 Å². The molecule has 1 aromatic heterocycles. The highest BCUT2D eigenvalue weighted by atomic mass is 32.2. The third-order valence-corrected chi connectivity index (χ3v) is 6.08. The Labute approximate surface area is 139 Å².